The van der Waals surface area contributed by atoms with Crippen molar-refractivity contribution < 1.29 is 14.7 Å². The number of unbranched alkanes of at least 4 members (excludes halogenated alkanes) is 1. The van der Waals surface area contributed by atoms with Crippen LogP contribution in [0.3, 0.4) is 0 Å². The van der Waals surface area contributed by atoms with E-state index in [4.69, 9.17) is 5.11 Å². The third-order valence-electron chi connectivity index (χ3n) is 3.35. The molecule has 1 atom stereocenters. The van der Waals surface area contributed by atoms with Crippen molar-refractivity contribution in [1.82, 2.24) is 5.32 Å². The van der Waals surface area contributed by atoms with Crippen LogP contribution in [0.15, 0.2) is 0 Å². The van der Waals surface area contributed by atoms with Crippen LogP contribution in [0, 0.1) is 11.3 Å². The lowest BCUT2D eigenvalue weighted by Crippen LogP contribution is -2.37. The first-order chi connectivity index (χ1) is 7.52. The van der Waals surface area contributed by atoms with Crippen LogP contribution in [0.5, 0.6) is 0 Å². The van der Waals surface area contributed by atoms with Gasteiger partial charge in [-0.1, -0.05) is 26.7 Å². The topological polar surface area (TPSA) is 66.4 Å². The Morgan fingerprint density at radius 2 is 2.06 bits per heavy atom. The Morgan fingerprint density at radius 3 is 2.50 bits per heavy atom. The smallest absolute Gasteiger partial charge is 0.311 e. The molecule has 4 heteroatoms. The molecule has 1 aliphatic carbocycles. The predicted octanol–water partition coefficient (Wildman–Crippen LogP) is 1.79. The molecule has 0 aromatic heterocycles. The lowest BCUT2D eigenvalue weighted by atomic mass is 10.0. The van der Waals surface area contributed by atoms with Crippen LogP contribution in [0.4, 0.5) is 0 Å². The molecule has 0 radical (unpaired) electrons. The highest BCUT2D eigenvalue weighted by molar-refractivity contribution is 5.81. The van der Waals surface area contributed by atoms with Crippen LogP contribution in [0.1, 0.15) is 46.0 Å². The molecule has 0 heterocycles. The Morgan fingerprint density at radius 1 is 1.44 bits per heavy atom. The van der Waals surface area contributed by atoms with E-state index >= 15 is 0 Å². The van der Waals surface area contributed by atoms with Crippen molar-refractivity contribution >= 4 is 11.9 Å². The minimum atomic E-state index is -0.783. The molecule has 0 aliphatic heterocycles. The fourth-order valence-electron chi connectivity index (χ4n) is 1.69. The van der Waals surface area contributed by atoms with Crippen molar-refractivity contribution in [2.24, 2.45) is 11.3 Å². The van der Waals surface area contributed by atoms with E-state index in [1.54, 1.807) is 0 Å². The zero-order chi connectivity index (χ0) is 12.2. The van der Waals surface area contributed by atoms with E-state index in [1.807, 2.05) is 6.92 Å². The van der Waals surface area contributed by atoms with Gasteiger partial charge in [0, 0.05) is 12.5 Å². The minimum absolute atomic E-state index is 0.00968. The third-order valence-corrected chi connectivity index (χ3v) is 3.35. The normalized spacial score (nSPS) is 18.9. The van der Waals surface area contributed by atoms with Gasteiger partial charge in [-0.25, -0.2) is 0 Å². The second kappa shape index (κ2) is 5.32. The van der Waals surface area contributed by atoms with Crippen LogP contribution in [-0.4, -0.2) is 23.5 Å². The monoisotopic (exact) mass is 227 g/mol. The number of rotatable bonds is 7. The predicted molar refractivity (Wildman–Crippen MR) is 61.0 cm³/mol. The molecule has 16 heavy (non-hydrogen) atoms. The van der Waals surface area contributed by atoms with Crippen molar-refractivity contribution in [3.8, 4) is 0 Å². The summed E-state index contributed by atoms with van der Waals surface area (Å²) in [4.78, 5) is 22.5. The second-order valence-electron chi connectivity index (χ2n) is 4.85. The number of hydrogen-bond acceptors (Lipinski definition) is 2. The first-order valence-electron chi connectivity index (χ1n) is 6.03. The number of aliphatic carboxylic acids is 1. The molecule has 1 saturated carbocycles. The van der Waals surface area contributed by atoms with Crippen molar-refractivity contribution in [2.75, 3.05) is 6.54 Å². The molecule has 1 rings (SSSR count). The highest BCUT2D eigenvalue weighted by Gasteiger charge is 2.50. The summed E-state index contributed by atoms with van der Waals surface area (Å²) >= 11 is 0. The quantitative estimate of drug-likeness (QED) is 0.697. The number of carboxylic acids is 1. The summed E-state index contributed by atoms with van der Waals surface area (Å²) < 4.78 is 0. The highest BCUT2D eigenvalue weighted by Crippen LogP contribution is 2.45. The minimum Gasteiger partial charge on any atom is -0.481 e. The molecule has 2 N–H and O–H groups in total. The third kappa shape index (κ3) is 3.22. The summed E-state index contributed by atoms with van der Waals surface area (Å²) in [6.07, 6.45) is 4.37. The van der Waals surface area contributed by atoms with Gasteiger partial charge in [0.2, 0.25) is 5.91 Å². The van der Waals surface area contributed by atoms with Gasteiger partial charge in [0.1, 0.15) is 0 Å². The van der Waals surface area contributed by atoms with E-state index in [-0.39, 0.29) is 18.4 Å². The maximum atomic E-state index is 11.6. The van der Waals surface area contributed by atoms with Crippen LogP contribution in [-0.2, 0) is 9.59 Å². The molecule has 1 unspecified atom stereocenters. The fourth-order valence-corrected chi connectivity index (χ4v) is 1.69. The van der Waals surface area contributed by atoms with Gasteiger partial charge in [-0.15, -0.1) is 0 Å². The zero-order valence-corrected chi connectivity index (χ0v) is 10.1. The molecule has 0 aromatic rings. The molecule has 92 valence electrons. The standard InChI is InChI=1S/C12H21NO3/c1-3-4-5-9(2)10(14)13-8-12(6-7-12)11(15)16/h9H,3-8H2,1-2H3,(H,13,14)(H,15,16). The van der Waals surface area contributed by atoms with Gasteiger partial charge < -0.3 is 10.4 Å². The molecule has 4 nitrogen and oxygen atoms in total. The Bertz CT molecular complexity index is 271. The Labute approximate surface area is 96.4 Å². The van der Waals surface area contributed by atoms with Gasteiger partial charge >= 0.3 is 5.97 Å². The van der Waals surface area contributed by atoms with Crippen LogP contribution >= 0.6 is 0 Å². The number of nitrogens with one attached hydrogen (secondary N) is 1. The number of amides is 1. The summed E-state index contributed by atoms with van der Waals surface area (Å²) in [5.41, 5.74) is -0.653. The van der Waals surface area contributed by atoms with Gasteiger partial charge in [-0.3, -0.25) is 9.59 Å². The number of hydrogen-bond donors (Lipinski definition) is 2. The number of carbonyl (C=O) groups excluding carboxylic acids is 1. The lowest BCUT2D eigenvalue weighted by molar-refractivity contribution is -0.143. The SMILES string of the molecule is CCCCC(C)C(=O)NCC1(C(=O)O)CC1. The van der Waals surface area contributed by atoms with Gasteiger partial charge in [0.25, 0.3) is 0 Å². The molecule has 0 saturated heterocycles. The van der Waals surface area contributed by atoms with Gasteiger partial charge in [0.15, 0.2) is 0 Å². The summed E-state index contributed by atoms with van der Waals surface area (Å²) in [5.74, 6) is -0.806. The van der Waals surface area contributed by atoms with E-state index in [9.17, 15) is 9.59 Å². The van der Waals surface area contributed by atoms with Gasteiger partial charge in [-0.2, -0.15) is 0 Å². The maximum absolute atomic E-state index is 11.6. The van der Waals surface area contributed by atoms with E-state index in [0.717, 1.165) is 19.3 Å². The summed E-state index contributed by atoms with van der Waals surface area (Å²) in [5, 5.41) is 11.7. The van der Waals surface area contributed by atoms with E-state index in [0.29, 0.717) is 12.8 Å². The van der Waals surface area contributed by atoms with E-state index in [1.165, 1.54) is 0 Å². The zero-order valence-electron chi connectivity index (χ0n) is 10.1. The molecular weight excluding hydrogens is 206 g/mol. The molecule has 0 bridgehead atoms. The first kappa shape index (κ1) is 13.0. The molecular formula is C12H21NO3. The Balaban J connectivity index is 2.27. The Hall–Kier alpha value is -1.06. The van der Waals surface area contributed by atoms with Crippen LogP contribution < -0.4 is 5.32 Å². The van der Waals surface area contributed by atoms with Crippen molar-refractivity contribution in [2.45, 2.75) is 46.0 Å². The summed E-state index contributed by atoms with van der Waals surface area (Å²) in [7, 11) is 0. The van der Waals surface area contributed by atoms with E-state index in [2.05, 4.69) is 12.2 Å². The molecule has 0 spiro atoms. The summed E-state index contributed by atoms with van der Waals surface area (Å²) in [6, 6.07) is 0. The largest absolute Gasteiger partial charge is 0.481 e. The number of carboxylic acid groups (broad SMARTS) is 1. The molecule has 1 fully saturated rings. The molecule has 1 amide bonds. The average Bonchev–Trinajstić information content (AvgIpc) is 3.03. The van der Waals surface area contributed by atoms with E-state index < -0.39 is 11.4 Å². The summed E-state index contributed by atoms with van der Waals surface area (Å²) in [6.45, 7) is 4.28. The average molecular weight is 227 g/mol. The molecule has 1 aliphatic rings. The maximum Gasteiger partial charge on any atom is 0.311 e. The van der Waals surface area contributed by atoms with Crippen molar-refractivity contribution in [1.29, 1.82) is 0 Å². The fraction of sp³-hybridized carbons (Fsp3) is 0.833. The van der Waals surface area contributed by atoms with Gasteiger partial charge in [0.05, 0.1) is 5.41 Å². The first-order valence-corrected chi connectivity index (χ1v) is 6.03. The van der Waals surface area contributed by atoms with Crippen molar-refractivity contribution in [3.05, 3.63) is 0 Å². The molecule has 0 aromatic carbocycles. The van der Waals surface area contributed by atoms with Crippen LogP contribution in [0.2, 0.25) is 0 Å². The van der Waals surface area contributed by atoms with Crippen LogP contribution in [0.25, 0.3) is 0 Å². The highest BCUT2D eigenvalue weighted by atomic mass is 16.4. The Kier molecular flexibility index (Phi) is 4.33. The lowest BCUT2D eigenvalue weighted by Gasteiger charge is -2.14. The number of carbonyl (C=O) groups is 2. The van der Waals surface area contributed by atoms with Crippen molar-refractivity contribution in [3.63, 3.8) is 0 Å². The second-order valence-corrected chi connectivity index (χ2v) is 4.85. The van der Waals surface area contributed by atoms with Gasteiger partial charge in [-0.05, 0) is 19.3 Å².